The highest BCUT2D eigenvalue weighted by atomic mass is 16.2. The number of carbonyl (C=O) groups excluding carboxylic acids is 1. The van der Waals surface area contributed by atoms with Crippen molar-refractivity contribution in [3.8, 4) is 0 Å². The predicted molar refractivity (Wildman–Crippen MR) is 75.1 cm³/mol. The quantitative estimate of drug-likeness (QED) is 0.873. The standard InChI is InChI=1S/C14H22N4O/c1-3-15-13-8-7-12(17-18-13)14(19)16-11-6-4-5-10(2)9-11/h7-8,10-11H,3-6,9H2,1-2H3,(H,15,18)(H,16,19). The summed E-state index contributed by atoms with van der Waals surface area (Å²) >= 11 is 0. The number of aromatic nitrogens is 2. The minimum Gasteiger partial charge on any atom is -0.369 e. The predicted octanol–water partition coefficient (Wildman–Crippen LogP) is 2.22. The summed E-state index contributed by atoms with van der Waals surface area (Å²) < 4.78 is 0. The molecule has 5 nitrogen and oxygen atoms in total. The summed E-state index contributed by atoms with van der Waals surface area (Å²) in [5.74, 6) is 1.28. The van der Waals surface area contributed by atoms with Gasteiger partial charge in [0.15, 0.2) is 5.69 Å². The van der Waals surface area contributed by atoms with E-state index in [4.69, 9.17) is 0 Å². The zero-order valence-electron chi connectivity index (χ0n) is 11.6. The van der Waals surface area contributed by atoms with E-state index in [0.29, 0.717) is 17.4 Å². The number of nitrogens with one attached hydrogen (secondary N) is 2. The normalized spacial score (nSPS) is 22.8. The summed E-state index contributed by atoms with van der Waals surface area (Å²) in [5, 5.41) is 14.0. The minimum atomic E-state index is -0.116. The van der Waals surface area contributed by atoms with Crippen molar-refractivity contribution in [3.63, 3.8) is 0 Å². The first-order valence-corrected chi connectivity index (χ1v) is 7.07. The van der Waals surface area contributed by atoms with Crippen LogP contribution in [0.1, 0.15) is 50.0 Å². The van der Waals surface area contributed by atoms with Crippen molar-refractivity contribution in [2.24, 2.45) is 5.92 Å². The van der Waals surface area contributed by atoms with Crippen molar-refractivity contribution in [1.82, 2.24) is 15.5 Å². The maximum atomic E-state index is 12.1. The maximum absolute atomic E-state index is 12.1. The summed E-state index contributed by atoms with van der Waals surface area (Å²) in [5.41, 5.74) is 0.389. The van der Waals surface area contributed by atoms with E-state index in [1.807, 2.05) is 6.92 Å². The molecular formula is C14H22N4O. The van der Waals surface area contributed by atoms with Crippen LogP contribution in [0.25, 0.3) is 0 Å². The Morgan fingerprint density at radius 2 is 2.21 bits per heavy atom. The van der Waals surface area contributed by atoms with Gasteiger partial charge < -0.3 is 10.6 Å². The van der Waals surface area contributed by atoms with E-state index in [0.717, 1.165) is 19.4 Å². The molecule has 5 heteroatoms. The Kier molecular flexibility index (Phi) is 4.71. The number of nitrogens with zero attached hydrogens (tertiary/aromatic N) is 2. The van der Waals surface area contributed by atoms with Crippen LogP contribution >= 0.6 is 0 Å². The third-order valence-corrected chi connectivity index (χ3v) is 3.53. The average Bonchev–Trinajstić information content (AvgIpc) is 2.40. The molecule has 0 aliphatic heterocycles. The van der Waals surface area contributed by atoms with Gasteiger partial charge in [-0.2, -0.15) is 0 Å². The van der Waals surface area contributed by atoms with Gasteiger partial charge in [0.25, 0.3) is 5.91 Å². The number of rotatable bonds is 4. The molecule has 0 bridgehead atoms. The van der Waals surface area contributed by atoms with Crippen LogP contribution in [-0.2, 0) is 0 Å². The van der Waals surface area contributed by atoms with Gasteiger partial charge >= 0.3 is 0 Å². The lowest BCUT2D eigenvalue weighted by atomic mass is 9.87. The third-order valence-electron chi connectivity index (χ3n) is 3.53. The van der Waals surface area contributed by atoms with Crippen LogP contribution in [-0.4, -0.2) is 28.7 Å². The number of carbonyl (C=O) groups is 1. The molecule has 1 aliphatic carbocycles. The molecule has 2 atom stereocenters. The lowest BCUT2D eigenvalue weighted by molar-refractivity contribution is 0.0915. The fourth-order valence-electron chi connectivity index (χ4n) is 2.55. The summed E-state index contributed by atoms with van der Waals surface area (Å²) in [6.45, 7) is 5.02. The van der Waals surface area contributed by atoms with Crippen molar-refractivity contribution < 1.29 is 4.79 Å². The van der Waals surface area contributed by atoms with Gasteiger partial charge in [0.1, 0.15) is 5.82 Å². The Morgan fingerprint density at radius 1 is 1.37 bits per heavy atom. The molecule has 0 spiro atoms. The molecule has 1 fully saturated rings. The van der Waals surface area contributed by atoms with E-state index >= 15 is 0 Å². The number of anilines is 1. The Hall–Kier alpha value is -1.65. The molecule has 0 saturated heterocycles. The summed E-state index contributed by atoms with van der Waals surface area (Å²) in [6.07, 6.45) is 4.59. The number of amides is 1. The third kappa shape index (κ3) is 3.91. The number of hydrogen-bond donors (Lipinski definition) is 2. The molecule has 2 rings (SSSR count). The second-order valence-corrected chi connectivity index (χ2v) is 5.28. The first-order chi connectivity index (χ1) is 9.19. The highest BCUT2D eigenvalue weighted by Gasteiger charge is 2.21. The smallest absolute Gasteiger partial charge is 0.272 e. The summed E-state index contributed by atoms with van der Waals surface area (Å²) in [7, 11) is 0. The molecule has 104 valence electrons. The molecule has 2 unspecified atom stereocenters. The largest absolute Gasteiger partial charge is 0.369 e. The number of hydrogen-bond acceptors (Lipinski definition) is 4. The van der Waals surface area contributed by atoms with Gasteiger partial charge in [-0.25, -0.2) is 0 Å². The van der Waals surface area contributed by atoms with Crippen molar-refractivity contribution in [2.45, 2.75) is 45.6 Å². The second-order valence-electron chi connectivity index (χ2n) is 5.28. The molecule has 2 N–H and O–H groups in total. The van der Waals surface area contributed by atoms with Crippen LogP contribution in [0.15, 0.2) is 12.1 Å². The van der Waals surface area contributed by atoms with E-state index in [-0.39, 0.29) is 11.9 Å². The van der Waals surface area contributed by atoms with Crippen molar-refractivity contribution in [2.75, 3.05) is 11.9 Å². The molecule has 1 heterocycles. The van der Waals surface area contributed by atoms with Gasteiger partial charge in [-0.15, -0.1) is 10.2 Å². The summed E-state index contributed by atoms with van der Waals surface area (Å²) in [6, 6.07) is 3.79. The second kappa shape index (κ2) is 6.50. The SMILES string of the molecule is CCNc1ccc(C(=O)NC2CCCC(C)C2)nn1. The van der Waals surface area contributed by atoms with E-state index < -0.39 is 0 Å². The van der Waals surface area contributed by atoms with Crippen LogP contribution in [0.5, 0.6) is 0 Å². The Labute approximate surface area is 114 Å². The molecule has 1 aliphatic rings. The van der Waals surface area contributed by atoms with Gasteiger partial charge in [0, 0.05) is 12.6 Å². The first kappa shape index (κ1) is 13.8. The van der Waals surface area contributed by atoms with E-state index in [1.165, 1.54) is 12.8 Å². The van der Waals surface area contributed by atoms with Crippen LogP contribution < -0.4 is 10.6 Å². The fraction of sp³-hybridized carbons (Fsp3) is 0.643. The van der Waals surface area contributed by atoms with Gasteiger partial charge in [-0.3, -0.25) is 4.79 Å². The lowest BCUT2D eigenvalue weighted by Crippen LogP contribution is -2.38. The fourth-order valence-corrected chi connectivity index (χ4v) is 2.55. The Morgan fingerprint density at radius 3 is 2.84 bits per heavy atom. The molecule has 1 aromatic rings. The maximum Gasteiger partial charge on any atom is 0.272 e. The van der Waals surface area contributed by atoms with E-state index in [9.17, 15) is 4.79 Å². The molecular weight excluding hydrogens is 240 g/mol. The molecule has 1 saturated carbocycles. The van der Waals surface area contributed by atoms with Gasteiger partial charge in [0.05, 0.1) is 0 Å². The highest BCUT2D eigenvalue weighted by Crippen LogP contribution is 2.23. The monoisotopic (exact) mass is 262 g/mol. The van der Waals surface area contributed by atoms with Crippen LogP contribution in [0.2, 0.25) is 0 Å². The zero-order valence-corrected chi connectivity index (χ0v) is 11.6. The molecule has 1 aromatic heterocycles. The Balaban J connectivity index is 1.91. The molecule has 1 amide bonds. The van der Waals surface area contributed by atoms with Gasteiger partial charge in [0.2, 0.25) is 0 Å². The Bertz CT molecular complexity index is 418. The van der Waals surface area contributed by atoms with Crippen molar-refractivity contribution in [3.05, 3.63) is 17.8 Å². The first-order valence-electron chi connectivity index (χ1n) is 7.07. The van der Waals surface area contributed by atoms with Crippen LogP contribution in [0.4, 0.5) is 5.82 Å². The van der Waals surface area contributed by atoms with Crippen LogP contribution in [0, 0.1) is 5.92 Å². The highest BCUT2D eigenvalue weighted by molar-refractivity contribution is 5.92. The minimum absolute atomic E-state index is 0.116. The van der Waals surface area contributed by atoms with Crippen molar-refractivity contribution >= 4 is 11.7 Å². The topological polar surface area (TPSA) is 66.9 Å². The van der Waals surface area contributed by atoms with Crippen LogP contribution in [0.3, 0.4) is 0 Å². The lowest BCUT2D eigenvalue weighted by Gasteiger charge is -2.27. The van der Waals surface area contributed by atoms with E-state index in [2.05, 4.69) is 27.8 Å². The summed E-state index contributed by atoms with van der Waals surface area (Å²) in [4.78, 5) is 12.1. The molecule has 0 aromatic carbocycles. The van der Waals surface area contributed by atoms with Gasteiger partial charge in [-0.05, 0) is 37.8 Å². The average molecular weight is 262 g/mol. The van der Waals surface area contributed by atoms with Gasteiger partial charge in [-0.1, -0.05) is 19.8 Å². The molecule has 19 heavy (non-hydrogen) atoms. The molecule has 0 radical (unpaired) electrons. The zero-order chi connectivity index (χ0) is 13.7. The van der Waals surface area contributed by atoms with Crippen molar-refractivity contribution in [1.29, 1.82) is 0 Å². The van der Waals surface area contributed by atoms with E-state index in [1.54, 1.807) is 12.1 Å².